The molecule has 0 amide bonds. The highest BCUT2D eigenvalue weighted by molar-refractivity contribution is 6.02. The molecule has 2 aromatic carbocycles. The molecule has 0 saturated heterocycles. The summed E-state index contributed by atoms with van der Waals surface area (Å²) in [5.74, 6) is -0.949. The Morgan fingerprint density at radius 3 is 2.14 bits per heavy atom. The van der Waals surface area contributed by atoms with Crippen molar-refractivity contribution in [3.8, 4) is 11.1 Å². The first kappa shape index (κ1) is 21.1. The molecular formula is C25H30O4. The minimum absolute atomic E-state index is 0.244. The van der Waals surface area contributed by atoms with E-state index in [1.807, 2.05) is 18.2 Å². The van der Waals surface area contributed by atoms with Crippen LogP contribution in [-0.4, -0.2) is 25.2 Å². The van der Waals surface area contributed by atoms with Gasteiger partial charge in [0.2, 0.25) is 0 Å². The van der Waals surface area contributed by atoms with Gasteiger partial charge in [0.15, 0.2) is 5.41 Å². The van der Waals surface area contributed by atoms with Crippen molar-refractivity contribution in [3.05, 3.63) is 59.2 Å². The molecule has 1 aliphatic rings. The van der Waals surface area contributed by atoms with Gasteiger partial charge in [-0.2, -0.15) is 0 Å². The number of carbonyl (C=O) groups is 2. The summed E-state index contributed by atoms with van der Waals surface area (Å²) >= 11 is 0. The van der Waals surface area contributed by atoms with Crippen LogP contribution in [0.3, 0.4) is 0 Å². The number of hydrogen-bond donors (Lipinski definition) is 0. The molecule has 2 aromatic rings. The second kappa shape index (κ2) is 9.25. The van der Waals surface area contributed by atoms with E-state index in [2.05, 4.69) is 31.2 Å². The Morgan fingerprint density at radius 2 is 1.55 bits per heavy atom. The topological polar surface area (TPSA) is 52.6 Å². The van der Waals surface area contributed by atoms with Crippen molar-refractivity contribution < 1.29 is 19.1 Å². The number of benzene rings is 2. The van der Waals surface area contributed by atoms with Crippen LogP contribution >= 0.6 is 0 Å². The molecule has 0 spiro atoms. The number of fused-ring (bicyclic) bond motifs is 1. The molecule has 0 saturated carbocycles. The molecule has 0 heterocycles. The number of esters is 2. The summed E-state index contributed by atoms with van der Waals surface area (Å²) in [5, 5.41) is 0. The summed E-state index contributed by atoms with van der Waals surface area (Å²) in [4.78, 5) is 25.8. The van der Waals surface area contributed by atoms with Gasteiger partial charge in [-0.3, -0.25) is 9.59 Å². The molecule has 0 fully saturated rings. The van der Waals surface area contributed by atoms with Gasteiger partial charge in [0, 0.05) is 6.42 Å². The van der Waals surface area contributed by atoms with Gasteiger partial charge < -0.3 is 9.47 Å². The van der Waals surface area contributed by atoms with Crippen LogP contribution in [0.2, 0.25) is 0 Å². The van der Waals surface area contributed by atoms with E-state index < -0.39 is 17.4 Å². The standard InChI is InChI=1S/C25H30O4/c1-4-7-13-21-20(18-11-9-8-10-12-18)15-14-19-16-25(17-22(19)21,23(26)28-5-2)24(27)29-6-3/h8-12,14-15H,4-7,13,16-17H2,1-3H3. The van der Waals surface area contributed by atoms with E-state index in [4.69, 9.17) is 9.47 Å². The van der Waals surface area contributed by atoms with Crippen LogP contribution in [0, 0.1) is 5.41 Å². The number of unbranched alkanes of at least 4 members (excludes halogenated alkanes) is 1. The van der Waals surface area contributed by atoms with Crippen LogP contribution in [-0.2, 0) is 38.3 Å². The normalized spacial score (nSPS) is 14.3. The molecule has 154 valence electrons. The van der Waals surface area contributed by atoms with Crippen molar-refractivity contribution in [2.45, 2.75) is 52.9 Å². The predicted molar refractivity (Wildman–Crippen MR) is 114 cm³/mol. The third-order valence-electron chi connectivity index (χ3n) is 5.70. The zero-order valence-corrected chi connectivity index (χ0v) is 17.6. The first-order valence-electron chi connectivity index (χ1n) is 10.6. The van der Waals surface area contributed by atoms with Crippen molar-refractivity contribution in [1.82, 2.24) is 0 Å². The third-order valence-corrected chi connectivity index (χ3v) is 5.70. The van der Waals surface area contributed by atoms with Crippen LogP contribution in [0.15, 0.2) is 42.5 Å². The molecule has 0 aliphatic heterocycles. The molecule has 3 rings (SSSR count). The maximum atomic E-state index is 12.9. The van der Waals surface area contributed by atoms with Gasteiger partial charge in [0.25, 0.3) is 0 Å². The fourth-order valence-corrected chi connectivity index (χ4v) is 4.25. The molecule has 0 bridgehead atoms. The third kappa shape index (κ3) is 4.07. The van der Waals surface area contributed by atoms with Crippen molar-refractivity contribution in [1.29, 1.82) is 0 Å². The quantitative estimate of drug-likeness (QED) is 0.472. The average molecular weight is 395 g/mol. The van der Waals surface area contributed by atoms with Crippen molar-refractivity contribution in [3.63, 3.8) is 0 Å². The minimum atomic E-state index is -1.27. The van der Waals surface area contributed by atoms with E-state index in [1.54, 1.807) is 13.8 Å². The molecular weight excluding hydrogens is 364 g/mol. The first-order valence-corrected chi connectivity index (χ1v) is 10.6. The molecule has 4 nitrogen and oxygen atoms in total. The van der Waals surface area contributed by atoms with Gasteiger partial charge in [0.05, 0.1) is 13.2 Å². The van der Waals surface area contributed by atoms with E-state index in [9.17, 15) is 9.59 Å². The molecule has 29 heavy (non-hydrogen) atoms. The van der Waals surface area contributed by atoms with Gasteiger partial charge in [-0.1, -0.05) is 55.8 Å². The smallest absolute Gasteiger partial charge is 0.324 e. The lowest BCUT2D eigenvalue weighted by Gasteiger charge is -2.24. The zero-order chi connectivity index (χ0) is 20.9. The van der Waals surface area contributed by atoms with Crippen molar-refractivity contribution >= 4 is 11.9 Å². The molecule has 1 aliphatic carbocycles. The lowest BCUT2D eigenvalue weighted by Crippen LogP contribution is -2.43. The SMILES string of the molecule is CCCCc1c(-c2ccccc2)ccc2c1CC(C(=O)OCC)(C(=O)OCC)C2. The molecule has 0 radical (unpaired) electrons. The van der Waals surface area contributed by atoms with E-state index >= 15 is 0 Å². The fourth-order valence-electron chi connectivity index (χ4n) is 4.25. The Balaban J connectivity index is 2.09. The van der Waals surface area contributed by atoms with E-state index in [1.165, 1.54) is 11.1 Å². The fraction of sp³-hybridized carbons (Fsp3) is 0.440. The summed E-state index contributed by atoms with van der Waals surface area (Å²) in [6.45, 7) is 6.19. The van der Waals surface area contributed by atoms with E-state index in [-0.39, 0.29) is 13.2 Å². The second-order valence-electron chi connectivity index (χ2n) is 7.58. The van der Waals surface area contributed by atoms with Gasteiger partial charge in [-0.05, 0) is 60.9 Å². The van der Waals surface area contributed by atoms with Gasteiger partial charge >= 0.3 is 11.9 Å². The number of carbonyl (C=O) groups excluding carboxylic acids is 2. The Bertz CT molecular complexity index is 852. The second-order valence-corrected chi connectivity index (χ2v) is 7.58. The first-order chi connectivity index (χ1) is 14.1. The lowest BCUT2D eigenvalue weighted by atomic mass is 9.84. The number of rotatable bonds is 8. The number of ether oxygens (including phenoxy) is 2. The van der Waals surface area contributed by atoms with Gasteiger partial charge in [0.1, 0.15) is 0 Å². The van der Waals surface area contributed by atoms with Gasteiger partial charge in [-0.25, -0.2) is 0 Å². The van der Waals surface area contributed by atoms with E-state index in [0.717, 1.165) is 36.0 Å². The molecule has 4 heteroatoms. The molecule has 0 unspecified atom stereocenters. The summed E-state index contributed by atoms with van der Waals surface area (Å²) in [7, 11) is 0. The summed E-state index contributed by atoms with van der Waals surface area (Å²) in [6, 6.07) is 14.5. The van der Waals surface area contributed by atoms with Crippen LogP contribution in [0.25, 0.3) is 11.1 Å². The van der Waals surface area contributed by atoms with Crippen LogP contribution in [0.1, 0.15) is 50.3 Å². The maximum Gasteiger partial charge on any atom is 0.324 e. The summed E-state index contributed by atoms with van der Waals surface area (Å²) in [5.41, 5.74) is 4.47. The predicted octanol–water partition coefficient (Wildman–Crippen LogP) is 4.91. The Kier molecular flexibility index (Phi) is 6.73. The average Bonchev–Trinajstić information content (AvgIpc) is 3.14. The molecule has 0 atom stereocenters. The van der Waals surface area contributed by atoms with Crippen molar-refractivity contribution in [2.75, 3.05) is 13.2 Å². The molecule has 0 aromatic heterocycles. The largest absolute Gasteiger partial charge is 0.465 e. The van der Waals surface area contributed by atoms with Crippen LogP contribution in [0.4, 0.5) is 0 Å². The summed E-state index contributed by atoms with van der Waals surface area (Å²) in [6.07, 6.45) is 3.75. The number of hydrogen-bond acceptors (Lipinski definition) is 4. The Morgan fingerprint density at radius 1 is 0.897 bits per heavy atom. The maximum absolute atomic E-state index is 12.9. The Hall–Kier alpha value is -2.62. The zero-order valence-electron chi connectivity index (χ0n) is 17.6. The minimum Gasteiger partial charge on any atom is -0.465 e. The highest BCUT2D eigenvalue weighted by Gasteiger charge is 2.53. The molecule has 0 N–H and O–H groups in total. The summed E-state index contributed by atoms with van der Waals surface area (Å²) < 4.78 is 10.6. The lowest BCUT2D eigenvalue weighted by molar-refractivity contribution is -0.171. The van der Waals surface area contributed by atoms with Crippen molar-refractivity contribution in [2.24, 2.45) is 5.41 Å². The van der Waals surface area contributed by atoms with Crippen LogP contribution < -0.4 is 0 Å². The van der Waals surface area contributed by atoms with E-state index in [0.29, 0.717) is 12.8 Å². The highest BCUT2D eigenvalue weighted by Crippen LogP contribution is 2.44. The highest BCUT2D eigenvalue weighted by atomic mass is 16.6. The van der Waals surface area contributed by atoms with Crippen LogP contribution in [0.5, 0.6) is 0 Å². The monoisotopic (exact) mass is 394 g/mol. The Labute approximate surface area is 173 Å². The van der Waals surface area contributed by atoms with Gasteiger partial charge in [-0.15, -0.1) is 0 Å².